The smallest absolute Gasteiger partial charge is 0.250 e. The minimum atomic E-state index is -3.32. The first-order valence-electron chi connectivity index (χ1n) is 7.03. The normalized spacial score (nSPS) is 23.3. The van der Waals surface area contributed by atoms with Gasteiger partial charge in [-0.25, -0.2) is 13.1 Å². The van der Waals surface area contributed by atoms with Crippen LogP contribution in [-0.2, 0) is 16.6 Å². The van der Waals surface area contributed by atoms with Gasteiger partial charge >= 0.3 is 0 Å². The summed E-state index contributed by atoms with van der Waals surface area (Å²) in [5, 5.41) is 3.41. The number of thioether (sulfide) groups is 1. The molecule has 2 N–H and O–H groups in total. The predicted molar refractivity (Wildman–Crippen MR) is 84.8 cm³/mol. The third kappa shape index (κ3) is 3.98. The van der Waals surface area contributed by atoms with Crippen molar-refractivity contribution in [3.8, 4) is 0 Å². The second kappa shape index (κ2) is 6.36. The lowest BCUT2D eigenvalue weighted by Gasteiger charge is -2.09. The topological polar surface area (TPSA) is 58.2 Å². The molecule has 4 nitrogen and oxygen atoms in total. The van der Waals surface area contributed by atoms with Gasteiger partial charge in [0, 0.05) is 24.0 Å². The van der Waals surface area contributed by atoms with Crippen LogP contribution >= 0.6 is 23.1 Å². The Balaban J connectivity index is 1.55. The summed E-state index contributed by atoms with van der Waals surface area (Å²) < 4.78 is 27.6. The molecule has 2 fully saturated rings. The van der Waals surface area contributed by atoms with Crippen molar-refractivity contribution in [3.05, 3.63) is 17.0 Å². The lowest BCUT2D eigenvalue weighted by molar-refractivity contribution is 0.547. The van der Waals surface area contributed by atoms with E-state index >= 15 is 0 Å². The van der Waals surface area contributed by atoms with Crippen LogP contribution in [0.4, 0.5) is 0 Å². The molecular formula is C13H20N2O2S3. The average molecular weight is 333 g/mol. The molecule has 1 unspecified atom stereocenters. The Hall–Kier alpha value is -0.0800. The molecule has 1 atom stereocenters. The molecule has 1 aliphatic heterocycles. The van der Waals surface area contributed by atoms with Crippen LogP contribution in [0.5, 0.6) is 0 Å². The maximum absolute atomic E-state index is 12.2. The number of thiophene rings is 1. The van der Waals surface area contributed by atoms with Crippen molar-refractivity contribution in [2.24, 2.45) is 5.92 Å². The van der Waals surface area contributed by atoms with E-state index in [1.807, 2.05) is 17.8 Å². The summed E-state index contributed by atoms with van der Waals surface area (Å²) >= 11 is 3.28. The lowest BCUT2D eigenvalue weighted by atomic mass is 10.1. The van der Waals surface area contributed by atoms with Crippen LogP contribution in [0.15, 0.2) is 16.3 Å². The molecule has 112 valence electrons. The molecule has 3 rings (SSSR count). The molecular weight excluding hydrogens is 312 g/mol. The monoisotopic (exact) mass is 332 g/mol. The van der Waals surface area contributed by atoms with E-state index in [0.29, 0.717) is 22.7 Å². The summed E-state index contributed by atoms with van der Waals surface area (Å²) in [5.74, 6) is 2.72. The van der Waals surface area contributed by atoms with E-state index in [4.69, 9.17) is 0 Å². The minimum Gasteiger partial charge on any atom is -0.309 e. The predicted octanol–water partition coefficient (Wildman–Crippen LogP) is 2.03. The molecule has 1 aliphatic carbocycles. The van der Waals surface area contributed by atoms with Gasteiger partial charge in [-0.15, -0.1) is 11.3 Å². The van der Waals surface area contributed by atoms with E-state index in [2.05, 4.69) is 10.0 Å². The van der Waals surface area contributed by atoms with Gasteiger partial charge in [-0.2, -0.15) is 11.8 Å². The Morgan fingerprint density at radius 3 is 2.80 bits per heavy atom. The zero-order chi connectivity index (χ0) is 14.0. The third-order valence-electron chi connectivity index (χ3n) is 3.63. The van der Waals surface area contributed by atoms with Crippen LogP contribution in [0.2, 0.25) is 0 Å². The third-order valence-corrected chi connectivity index (χ3v) is 7.86. The van der Waals surface area contributed by atoms with Gasteiger partial charge in [0.1, 0.15) is 4.21 Å². The highest BCUT2D eigenvalue weighted by atomic mass is 32.2. The Labute approximate surface area is 128 Å². The van der Waals surface area contributed by atoms with Crippen molar-refractivity contribution in [1.29, 1.82) is 0 Å². The minimum absolute atomic E-state index is 0.441. The van der Waals surface area contributed by atoms with E-state index in [0.717, 1.165) is 29.3 Å². The molecule has 1 aromatic rings. The van der Waals surface area contributed by atoms with E-state index in [9.17, 15) is 8.42 Å². The summed E-state index contributed by atoms with van der Waals surface area (Å²) in [6.07, 6.45) is 3.61. The summed E-state index contributed by atoms with van der Waals surface area (Å²) in [6, 6.07) is 4.29. The molecule has 1 saturated carbocycles. The molecule has 2 aliphatic rings. The van der Waals surface area contributed by atoms with E-state index in [-0.39, 0.29) is 0 Å². The van der Waals surface area contributed by atoms with Crippen LogP contribution in [0.3, 0.4) is 0 Å². The summed E-state index contributed by atoms with van der Waals surface area (Å²) in [7, 11) is -3.32. The van der Waals surface area contributed by atoms with Crippen molar-refractivity contribution in [3.63, 3.8) is 0 Å². The second-order valence-electron chi connectivity index (χ2n) is 5.46. The van der Waals surface area contributed by atoms with Crippen LogP contribution in [-0.4, -0.2) is 32.5 Å². The molecule has 0 aromatic carbocycles. The van der Waals surface area contributed by atoms with Gasteiger partial charge in [0.25, 0.3) is 0 Å². The SMILES string of the molecule is O=S(=O)(NCC1CCSC1)c1ccc(CNC2CC2)s1. The van der Waals surface area contributed by atoms with Crippen LogP contribution in [0.25, 0.3) is 0 Å². The van der Waals surface area contributed by atoms with Gasteiger partial charge in [0.2, 0.25) is 10.0 Å². The second-order valence-corrected chi connectivity index (χ2v) is 9.77. The maximum Gasteiger partial charge on any atom is 0.250 e. The molecule has 0 radical (unpaired) electrons. The van der Waals surface area contributed by atoms with Crippen molar-refractivity contribution in [2.45, 2.75) is 36.1 Å². The van der Waals surface area contributed by atoms with Gasteiger partial charge in [-0.1, -0.05) is 0 Å². The Kier molecular flexibility index (Phi) is 4.72. The molecule has 0 amide bonds. The Morgan fingerprint density at radius 2 is 2.10 bits per heavy atom. The quantitative estimate of drug-likeness (QED) is 0.802. The van der Waals surface area contributed by atoms with Gasteiger partial charge in [0.15, 0.2) is 0 Å². The first-order chi connectivity index (χ1) is 9.63. The highest BCUT2D eigenvalue weighted by Crippen LogP contribution is 2.26. The van der Waals surface area contributed by atoms with Crippen molar-refractivity contribution >= 4 is 33.1 Å². The van der Waals surface area contributed by atoms with E-state index < -0.39 is 10.0 Å². The maximum atomic E-state index is 12.2. The lowest BCUT2D eigenvalue weighted by Crippen LogP contribution is -2.28. The summed E-state index contributed by atoms with van der Waals surface area (Å²) in [4.78, 5) is 1.09. The fourth-order valence-electron chi connectivity index (χ4n) is 2.17. The van der Waals surface area contributed by atoms with Crippen LogP contribution in [0, 0.1) is 5.92 Å². The molecule has 7 heteroatoms. The average Bonchev–Trinajstić information content (AvgIpc) is 2.94. The van der Waals surface area contributed by atoms with Gasteiger partial charge in [0.05, 0.1) is 0 Å². The Morgan fingerprint density at radius 1 is 1.25 bits per heavy atom. The van der Waals surface area contributed by atoms with Crippen molar-refractivity contribution < 1.29 is 8.42 Å². The van der Waals surface area contributed by atoms with Crippen LogP contribution in [0.1, 0.15) is 24.1 Å². The Bertz CT molecular complexity index is 546. The summed E-state index contributed by atoms with van der Waals surface area (Å²) in [5.41, 5.74) is 0. The van der Waals surface area contributed by atoms with E-state index in [1.165, 1.54) is 24.2 Å². The number of sulfonamides is 1. The fourth-order valence-corrected chi connectivity index (χ4v) is 5.92. The number of nitrogens with one attached hydrogen (secondary N) is 2. The van der Waals surface area contributed by atoms with Crippen LogP contribution < -0.4 is 10.0 Å². The van der Waals surface area contributed by atoms with Crippen molar-refractivity contribution in [1.82, 2.24) is 10.0 Å². The zero-order valence-electron chi connectivity index (χ0n) is 11.3. The number of rotatable bonds is 7. The van der Waals surface area contributed by atoms with Gasteiger partial charge in [-0.3, -0.25) is 0 Å². The molecule has 0 spiro atoms. The number of hydrogen-bond donors (Lipinski definition) is 2. The fraction of sp³-hybridized carbons (Fsp3) is 0.692. The van der Waals surface area contributed by atoms with Gasteiger partial charge in [-0.05, 0) is 48.8 Å². The summed E-state index contributed by atoms with van der Waals surface area (Å²) in [6.45, 7) is 1.35. The molecule has 0 bridgehead atoms. The highest BCUT2D eigenvalue weighted by molar-refractivity contribution is 7.99. The van der Waals surface area contributed by atoms with Crippen molar-refractivity contribution in [2.75, 3.05) is 18.1 Å². The standard InChI is InChI=1S/C13H20N2O2S3/c16-20(17,15-7-10-5-6-18-9-10)13-4-3-12(19-13)8-14-11-1-2-11/h3-4,10-11,14-15H,1-2,5-9H2. The number of hydrogen-bond acceptors (Lipinski definition) is 5. The first-order valence-corrected chi connectivity index (χ1v) is 10.5. The molecule has 2 heterocycles. The molecule has 20 heavy (non-hydrogen) atoms. The molecule has 1 aromatic heterocycles. The van der Waals surface area contributed by atoms with Gasteiger partial charge < -0.3 is 5.32 Å². The molecule has 1 saturated heterocycles. The zero-order valence-corrected chi connectivity index (χ0v) is 13.7. The first kappa shape index (κ1) is 14.8. The van der Waals surface area contributed by atoms with E-state index in [1.54, 1.807) is 6.07 Å². The highest BCUT2D eigenvalue weighted by Gasteiger charge is 2.23. The largest absolute Gasteiger partial charge is 0.309 e.